The van der Waals surface area contributed by atoms with Gasteiger partial charge in [-0.15, -0.1) is 0 Å². The number of hydrogen-bond acceptors (Lipinski definition) is 4. The van der Waals surface area contributed by atoms with Crippen molar-refractivity contribution in [2.75, 3.05) is 0 Å². The number of aromatic nitrogens is 6. The Morgan fingerprint density at radius 3 is 2.65 bits per heavy atom. The van der Waals surface area contributed by atoms with Crippen LogP contribution in [0.2, 0.25) is 0 Å². The zero-order chi connectivity index (χ0) is 16.1. The van der Waals surface area contributed by atoms with Crippen LogP contribution in [0.4, 0.5) is 0 Å². The first kappa shape index (κ1) is 13.9. The number of hydrogen-bond donors (Lipinski definition) is 1. The molecule has 118 valence electrons. The molecule has 23 heavy (non-hydrogen) atoms. The highest BCUT2D eigenvalue weighted by molar-refractivity contribution is 6.02. The van der Waals surface area contributed by atoms with E-state index < -0.39 is 0 Å². The Morgan fingerprint density at radius 2 is 1.96 bits per heavy atom. The third-order valence-electron chi connectivity index (χ3n) is 4.38. The molecule has 1 N–H and O–H groups in total. The lowest BCUT2D eigenvalue weighted by Gasteiger charge is -2.04. The Hall–Kier alpha value is -2.70. The number of pyridine rings is 1. The van der Waals surface area contributed by atoms with Gasteiger partial charge in [-0.05, 0) is 19.8 Å². The molecular formula is C16H18N6O. The molecule has 4 rings (SSSR count). The van der Waals surface area contributed by atoms with Crippen molar-refractivity contribution in [1.82, 2.24) is 29.4 Å². The van der Waals surface area contributed by atoms with Gasteiger partial charge in [-0.25, -0.2) is 14.2 Å². The van der Waals surface area contributed by atoms with Crippen LogP contribution >= 0.6 is 0 Å². The van der Waals surface area contributed by atoms with Crippen molar-refractivity contribution in [1.29, 1.82) is 0 Å². The number of rotatable bonds is 3. The summed E-state index contributed by atoms with van der Waals surface area (Å²) in [6.45, 7) is 6.90. The predicted molar refractivity (Wildman–Crippen MR) is 88.8 cm³/mol. The second kappa shape index (κ2) is 4.91. The van der Waals surface area contributed by atoms with E-state index in [0.717, 1.165) is 52.8 Å². The predicted octanol–water partition coefficient (Wildman–Crippen LogP) is 2.07. The average Bonchev–Trinajstić information content (AvgIpc) is 3.14. The van der Waals surface area contributed by atoms with E-state index in [4.69, 9.17) is 5.10 Å². The summed E-state index contributed by atoms with van der Waals surface area (Å²) >= 11 is 0. The van der Waals surface area contributed by atoms with Crippen LogP contribution in [0.3, 0.4) is 0 Å². The summed E-state index contributed by atoms with van der Waals surface area (Å²) in [5.74, 6) is 0. The molecule has 0 aliphatic rings. The number of fused-ring (bicyclic) bond motifs is 5. The number of aromatic amines is 1. The second-order valence-corrected chi connectivity index (χ2v) is 5.56. The van der Waals surface area contributed by atoms with E-state index in [9.17, 15) is 4.79 Å². The van der Waals surface area contributed by atoms with E-state index in [1.165, 1.54) is 0 Å². The van der Waals surface area contributed by atoms with Gasteiger partial charge in [-0.3, -0.25) is 4.79 Å². The highest BCUT2D eigenvalue weighted by atomic mass is 16.1. The molecule has 4 aromatic heterocycles. The normalized spacial score (nSPS) is 12.0. The summed E-state index contributed by atoms with van der Waals surface area (Å²) in [5, 5.41) is 10.5. The Kier molecular flexibility index (Phi) is 2.97. The summed E-state index contributed by atoms with van der Waals surface area (Å²) in [4.78, 5) is 19.9. The first-order chi connectivity index (χ1) is 11.2. The van der Waals surface area contributed by atoms with E-state index in [-0.39, 0.29) is 5.56 Å². The largest absolute Gasteiger partial charge is 0.306 e. The number of H-pyrrole nitrogens is 1. The first-order valence-electron chi connectivity index (χ1n) is 7.96. The summed E-state index contributed by atoms with van der Waals surface area (Å²) < 4.78 is 3.67. The van der Waals surface area contributed by atoms with Gasteiger partial charge in [0.1, 0.15) is 5.65 Å². The minimum atomic E-state index is -0.136. The fourth-order valence-electron chi connectivity index (χ4n) is 3.26. The Morgan fingerprint density at radius 1 is 1.13 bits per heavy atom. The topological polar surface area (TPSA) is 80.9 Å². The highest BCUT2D eigenvalue weighted by Crippen LogP contribution is 2.24. The smallest absolute Gasteiger partial charge is 0.260 e. The molecule has 0 saturated heterocycles. The van der Waals surface area contributed by atoms with Gasteiger partial charge in [0.05, 0.1) is 28.2 Å². The molecule has 0 saturated carbocycles. The lowest BCUT2D eigenvalue weighted by Crippen LogP contribution is -2.11. The Balaban J connectivity index is 2.29. The van der Waals surface area contributed by atoms with Crippen LogP contribution in [0.5, 0.6) is 0 Å². The zero-order valence-corrected chi connectivity index (χ0v) is 13.4. The quantitative estimate of drug-likeness (QED) is 0.628. The van der Waals surface area contributed by atoms with Crippen molar-refractivity contribution < 1.29 is 0 Å². The van der Waals surface area contributed by atoms with Gasteiger partial charge in [0.15, 0.2) is 5.65 Å². The van der Waals surface area contributed by atoms with Crippen LogP contribution in [0.25, 0.3) is 27.6 Å². The van der Waals surface area contributed by atoms with Crippen LogP contribution in [-0.2, 0) is 19.4 Å². The molecule has 0 spiro atoms. The fourth-order valence-corrected chi connectivity index (χ4v) is 3.26. The monoisotopic (exact) mass is 310 g/mol. The average molecular weight is 310 g/mol. The molecule has 0 radical (unpaired) electrons. The van der Waals surface area contributed by atoms with E-state index in [0.29, 0.717) is 5.39 Å². The van der Waals surface area contributed by atoms with E-state index >= 15 is 0 Å². The van der Waals surface area contributed by atoms with E-state index in [1.54, 1.807) is 12.4 Å². The SMILES string of the molecule is CCc1nn2c([nH]c(=O)c3cnc4c(cnn4CC)c32)c1CC. The van der Waals surface area contributed by atoms with Crippen molar-refractivity contribution in [2.45, 2.75) is 40.2 Å². The molecule has 7 heteroatoms. The Bertz CT molecular complexity index is 1100. The molecule has 0 bridgehead atoms. The lowest BCUT2D eigenvalue weighted by atomic mass is 10.1. The van der Waals surface area contributed by atoms with Gasteiger partial charge in [-0.1, -0.05) is 13.8 Å². The maximum atomic E-state index is 12.5. The fraction of sp³-hybridized carbons (Fsp3) is 0.375. The van der Waals surface area contributed by atoms with Gasteiger partial charge >= 0.3 is 0 Å². The lowest BCUT2D eigenvalue weighted by molar-refractivity contribution is 0.677. The van der Waals surface area contributed by atoms with Crippen molar-refractivity contribution in [3.63, 3.8) is 0 Å². The Labute approximate surface area is 131 Å². The molecule has 0 amide bonds. The molecule has 0 unspecified atom stereocenters. The zero-order valence-electron chi connectivity index (χ0n) is 13.4. The van der Waals surface area contributed by atoms with Gasteiger partial charge in [0.2, 0.25) is 0 Å². The third kappa shape index (κ3) is 1.76. The minimum Gasteiger partial charge on any atom is -0.306 e. The summed E-state index contributed by atoms with van der Waals surface area (Å²) in [5.41, 5.74) is 4.31. The molecule has 0 atom stereocenters. The maximum Gasteiger partial charge on any atom is 0.260 e. The molecule has 7 nitrogen and oxygen atoms in total. The molecule has 0 aromatic carbocycles. The summed E-state index contributed by atoms with van der Waals surface area (Å²) in [7, 11) is 0. The minimum absolute atomic E-state index is 0.136. The molecule has 4 aromatic rings. The number of aryl methyl sites for hydroxylation is 3. The molecule has 0 fully saturated rings. The molecule has 0 aliphatic carbocycles. The van der Waals surface area contributed by atoms with Crippen LogP contribution in [-0.4, -0.2) is 29.4 Å². The third-order valence-corrected chi connectivity index (χ3v) is 4.38. The summed E-state index contributed by atoms with van der Waals surface area (Å²) in [6, 6.07) is 0. The molecule has 0 aliphatic heterocycles. The first-order valence-corrected chi connectivity index (χ1v) is 7.96. The highest BCUT2D eigenvalue weighted by Gasteiger charge is 2.18. The van der Waals surface area contributed by atoms with Gasteiger partial charge in [0.25, 0.3) is 5.56 Å². The van der Waals surface area contributed by atoms with Gasteiger partial charge < -0.3 is 4.98 Å². The molecular weight excluding hydrogens is 292 g/mol. The van der Waals surface area contributed by atoms with Crippen LogP contribution in [0.15, 0.2) is 17.2 Å². The van der Waals surface area contributed by atoms with E-state index in [1.807, 2.05) is 16.1 Å². The van der Waals surface area contributed by atoms with Gasteiger partial charge in [-0.2, -0.15) is 10.2 Å². The standard InChI is InChI=1S/C16H18N6O/c1-4-9-12(5-2)20-22-13-10-8-18-21(6-3)14(10)17-7-11(13)16(23)19-15(9)22/h7-8H,4-6H2,1-3H3,(H,19,23). The number of nitrogens with zero attached hydrogens (tertiary/aromatic N) is 5. The van der Waals surface area contributed by atoms with Crippen LogP contribution in [0, 0.1) is 0 Å². The van der Waals surface area contributed by atoms with E-state index in [2.05, 4.69) is 28.9 Å². The van der Waals surface area contributed by atoms with Crippen LogP contribution < -0.4 is 5.56 Å². The molecule has 4 heterocycles. The van der Waals surface area contributed by atoms with Gasteiger partial charge in [0, 0.05) is 18.3 Å². The maximum absolute atomic E-state index is 12.5. The summed E-state index contributed by atoms with van der Waals surface area (Å²) in [6.07, 6.45) is 5.04. The van der Waals surface area contributed by atoms with Crippen molar-refractivity contribution in [2.24, 2.45) is 0 Å². The van der Waals surface area contributed by atoms with Crippen molar-refractivity contribution >= 4 is 27.6 Å². The van der Waals surface area contributed by atoms with Crippen molar-refractivity contribution in [3.8, 4) is 0 Å². The number of nitrogens with one attached hydrogen (secondary N) is 1. The second-order valence-electron chi connectivity index (χ2n) is 5.56. The van der Waals surface area contributed by atoms with Crippen LogP contribution in [0.1, 0.15) is 32.0 Å². The van der Waals surface area contributed by atoms with Crippen molar-refractivity contribution in [3.05, 3.63) is 34.0 Å².